The quantitative estimate of drug-likeness (QED) is 0.255. The highest BCUT2D eigenvalue weighted by Gasteiger charge is 2.56. The van der Waals surface area contributed by atoms with Gasteiger partial charge in [-0.25, -0.2) is 9.59 Å². The number of esters is 2. The molecule has 22 heavy (non-hydrogen) atoms. The van der Waals surface area contributed by atoms with Crippen LogP contribution in [0.15, 0.2) is 24.3 Å². The van der Waals surface area contributed by atoms with E-state index < -0.39 is 29.1 Å². The minimum atomic E-state index is -1.36. The van der Waals surface area contributed by atoms with E-state index in [1.165, 1.54) is 24.3 Å². The molecule has 2 heterocycles. The Morgan fingerprint density at radius 1 is 1.36 bits per heavy atom. The zero-order valence-corrected chi connectivity index (χ0v) is 11.1. The molecule has 2 aliphatic rings. The highest BCUT2D eigenvalue weighted by Crippen LogP contribution is 2.31. The largest absolute Gasteiger partial charge is 0.459 e. The molecule has 9 nitrogen and oxygen atoms in total. The molecule has 0 N–H and O–H groups in total. The highest BCUT2D eigenvalue weighted by atomic mass is 16.6. The Hall–Kier alpha value is -2.97. The van der Waals surface area contributed by atoms with Crippen molar-refractivity contribution >= 4 is 23.5 Å². The zero-order chi connectivity index (χ0) is 15.9. The maximum Gasteiger partial charge on any atom is 0.342 e. The van der Waals surface area contributed by atoms with Crippen molar-refractivity contribution in [2.45, 2.75) is 25.3 Å². The summed E-state index contributed by atoms with van der Waals surface area (Å²) in [4.78, 5) is 45.9. The van der Waals surface area contributed by atoms with Gasteiger partial charge in [0.1, 0.15) is 6.61 Å². The molecule has 114 valence electrons. The fourth-order valence-electron chi connectivity index (χ4n) is 2.28. The minimum absolute atomic E-state index is 0.0801. The van der Waals surface area contributed by atoms with E-state index in [1.807, 2.05) is 0 Å². The molecule has 0 aliphatic carbocycles. The van der Waals surface area contributed by atoms with Gasteiger partial charge in [-0.2, -0.15) is 0 Å². The fourth-order valence-corrected chi connectivity index (χ4v) is 2.28. The monoisotopic (exact) mass is 306 g/mol. The number of fused-ring (bicyclic) bond motifs is 1. The molecule has 3 rings (SSSR count). The lowest BCUT2D eigenvalue weighted by atomic mass is 10.1. The van der Waals surface area contributed by atoms with E-state index >= 15 is 0 Å². The number of ether oxygens (including phenoxy) is 2. The van der Waals surface area contributed by atoms with Crippen LogP contribution in [-0.4, -0.2) is 39.9 Å². The third-order valence-corrected chi connectivity index (χ3v) is 3.45. The molecule has 1 aromatic rings. The maximum absolute atomic E-state index is 11.9. The van der Waals surface area contributed by atoms with Gasteiger partial charge in [-0.1, -0.05) is 0 Å². The molecular weight excluding hydrogens is 296 g/mol. The number of hydrogen-bond donors (Lipinski definition) is 0. The molecule has 2 atom stereocenters. The average Bonchev–Trinajstić information content (AvgIpc) is 2.76. The average molecular weight is 306 g/mol. The number of rotatable bonds is 4. The lowest BCUT2D eigenvalue weighted by Gasteiger charge is -2.33. The van der Waals surface area contributed by atoms with Crippen LogP contribution in [0.1, 0.15) is 12.0 Å². The minimum Gasteiger partial charge on any atom is -0.459 e. The van der Waals surface area contributed by atoms with Gasteiger partial charge in [0, 0.05) is 12.1 Å². The standard InChI is InChI=1S/C13H10N2O7/c16-9-5-10-14(9)11(13(18)22-10)12(17)21-6-7-1-3-8(4-2-7)15(19)20/h1-4,10-11H,5-6H2/t10-,11-/m0/s1. The highest BCUT2D eigenvalue weighted by molar-refractivity contribution is 6.06. The number of hydrogen-bond acceptors (Lipinski definition) is 7. The molecule has 1 aromatic carbocycles. The summed E-state index contributed by atoms with van der Waals surface area (Å²) in [7, 11) is 0. The van der Waals surface area contributed by atoms with Gasteiger partial charge in [0.15, 0.2) is 6.23 Å². The molecule has 9 heteroatoms. The van der Waals surface area contributed by atoms with Gasteiger partial charge in [-0.05, 0) is 17.7 Å². The molecule has 0 bridgehead atoms. The van der Waals surface area contributed by atoms with E-state index in [1.54, 1.807) is 0 Å². The van der Waals surface area contributed by atoms with Crippen LogP contribution in [0.2, 0.25) is 0 Å². The Morgan fingerprint density at radius 2 is 2.05 bits per heavy atom. The molecule has 1 amide bonds. The van der Waals surface area contributed by atoms with Gasteiger partial charge in [0.05, 0.1) is 11.3 Å². The normalized spacial score (nSPS) is 22.6. The topological polar surface area (TPSA) is 116 Å². The van der Waals surface area contributed by atoms with Crippen molar-refractivity contribution in [3.8, 4) is 0 Å². The van der Waals surface area contributed by atoms with E-state index in [-0.39, 0.29) is 24.6 Å². The van der Waals surface area contributed by atoms with Gasteiger partial charge in [0.25, 0.3) is 5.69 Å². The van der Waals surface area contributed by atoms with E-state index in [0.717, 1.165) is 4.90 Å². The molecule has 0 unspecified atom stereocenters. The van der Waals surface area contributed by atoms with Gasteiger partial charge >= 0.3 is 11.9 Å². The predicted molar refractivity (Wildman–Crippen MR) is 68.0 cm³/mol. The second-order valence-corrected chi connectivity index (χ2v) is 4.83. The van der Waals surface area contributed by atoms with E-state index in [0.29, 0.717) is 5.56 Å². The van der Waals surface area contributed by atoms with Gasteiger partial charge in [-0.15, -0.1) is 0 Å². The number of nitro benzene ring substituents is 1. The number of carbonyl (C=O) groups excluding carboxylic acids is 3. The Morgan fingerprint density at radius 3 is 2.64 bits per heavy atom. The van der Waals surface area contributed by atoms with E-state index in [2.05, 4.69) is 0 Å². The van der Waals surface area contributed by atoms with Gasteiger partial charge in [-0.3, -0.25) is 19.8 Å². The molecule has 0 spiro atoms. The maximum atomic E-state index is 11.9. The lowest BCUT2D eigenvalue weighted by Crippen LogP contribution is -2.55. The molecule has 0 aromatic heterocycles. The predicted octanol–water partition coefficient (Wildman–Crippen LogP) is 0.122. The SMILES string of the molecule is O=C(OCc1ccc([N+](=O)[O-])cc1)[C@H]1C(=O)O[C@H]2CC(=O)N12. The van der Waals surface area contributed by atoms with Crippen molar-refractivity contribution in [2.24, 2.45) is 0 Å². The van der Waals surface area contributed by atoms with Crippen LogP contribution in [0.5, 0.6) is 0 Å². The smallest absolute Gasteiger partial charge is 0.342 e. The second kappa shape index (κ2) is 5.10. The Balaban J connectivity index is 1.61. The lowest BCUT2D eigenvalue weighted by molar-refractivity contribution is -0.384. The van der Waals surface area contributed by atoms with Crippen LogP contribution < -0.4 is 0 Å². The molecule has 0 saturated carbocycles. The first-order chi connectivity index (χ1) is 10.5. The van der Waals surface area contributed by atoms with Crippen molar-refractivity contribution in [1.29, 1.82) is 0 Å². The third-order valence-electron chi connectivity index (χ3n) is 3.45. The van der Waals surface area contributed by atoms with Crippen LogP contribution in [0.3, 0.4) is 0 Å². The number of benzene rings is 1. The van der Waals surface area contributed by atoms with Crippen molar-refractivity contribution in [2.75, 3.05) is 0 Å². The first-order valence-electron chi connectivity index (χ1n) is 6.39. The number of nitro groups is 1. The number of β-lactam (4-membered cyclic amide) rings is 1. The van der Waals surface area contributed by atoms with Crippen molar-refractivity contribution in [3.05, 3.63) is 39.9 Å². The summed E-state index contributed by atoms with van der Waals surface area (Å²) in [5, 5.41) is 10.5. The Kier molecular flexibility index (Phi) is 3.24. The molecule has 0 radical (unpaired) electrons. The second-order valence-electron chi connectivity index (χ2n) is 4.83. The summed E-state index contributed by atoms with van der Waals surface area (Å²) >= 11 is 0. The molecule has 2 aliphatic heterocycles. The number of amides is 1. The summed E-state index contributed by atoms with van der Waals surface area (Å²) in [5.74, 6) is -2.02. The van der Waals surface area contributed by atoms with Gasteiger partial charge < -0.3 is 9.47 Å². The molecular formula is C13H10N2O7. The van der Waals surface area contributed by atoms with E-state index in [4.69, 9.17) is 9.47 Å². The van der Waals surface area contributed by atoms with Crippen molar-refractivity contribution < 1.29 is 28.8 Å². The molecule has 2 saturated heterocycles. The number of nitrogens with zero attached hydrogens (tertiary/aromatic N) is 2. The summed E-state index contributed by atoms with van der Waals surface area (Å²) < 4.78 is 9.83. The third kappa shape index (κ3) is 2.26. The summed E-state index contributed by atoms with van der Waals surface area (Å²) in [6.07, 6.45) is -0.588. The van der Waals surface area contributed by atoms with Crippen molar-refractivity contribution in [3.63, 3.8) is 0 Å². The van der Waals surface area contributed by atoms with Crippen LogP contribution in [0, 0.1) is 10.1 Å². The van der Waals surface area contributed by atoms with Gasteiger partial charge in [0.2, 0.25) is 11.9 Å². The first-order valence-corrected chi connectivity index (χ1v) is 6.39. The number of non-ortho nitro benzene ring substituents is 1. The molecule has 2 fully saturated rings. The van der Waals surface area contributed by atoms with Crippen LogP contribution in [0.4, 0.5) is 5.69 Å². The summed E-state index contributed by atoms with van der Waals surface area (Å²) in [6, 6.07) is 4.08. The van der Waals surface area contributed by atoms with Crippen molar-refractivity contribution in [1.82, 2.24) is 4.90 Å². The Bertz CT molecular complexity index is 669. The van der Waals surface area contributed by atoms with Crippen LogP contribution in [0.25, 0.3) is 0 Å². The summed E-state index contributed by atoms with van der Waals surface area (Å²) in [6.45, 7) is -0.159. The fraction of sp³-hybridized carbons (Fsp3) is 0.308. The Labute approximate surface area is 123 Å². The first kappa shape index (κ1) is 14.0. The zero-order valence-electron chi connectivity index (χ0n) is 11.1. The van der Waals surface area contributed by atoms with Crippen LogP contribution >= 0.6 is 0 Å². The van der Waals surface area contributed by atoms with Crippen LogP contribution in [-0.2, 0) is 30.5 Å². The number of carbonyl (C=O) groups is 3. The van der Waals surface area contributed by atoms with E-state index in [9.17, 15) is 24.5 Å². The summed E-state index contributed by atoms with van der Waals surface area (Å²) in [5.41, 5.74) is 0.445.